The molecule has 1 aromatic carbocycles. The second-order valence-electron chi connectivity index (χ2n) is 4.79. The second-order valence-corrected chi connectivity index (χ2v) is 4.79. The minimum absolute atomic E-state index is 0.105. The fraction of sp³-hybridized carbons (Fsp3) is 0.214. The van der Waals surface area contributed by atoms with Crippen molar-refractivity contribution in [3.63, 3.8) is 0 Å². The van der Waals surface area contributed by atoms with Crippen molar-refractivity contribution in [1.82, 2.24) is 19.7 Å². The Morgan fingerprint density at radius 3 is 2.90 bits per heavy atom. The summed E-state index contributed by atoms with van der Waals surface area (Å²) in [6, 6.07) is 5.84. The lowest BCUT2D eigenvalue weighted by Gasteiger charge is -2.09. The molecule has 20 heavy (non-hydrogen) atoms. The number of aryl methyl sites for hydroxylation is 2. The molecule has 6 nitrogen and oxygen atoms in total. The van der Waals surface area contributed by atoms with Crippen LogP contribution in [-0.4, -0.2) is 19.7 Å². The van der Waals surface area contributed by atoms with Gasteiger partial charge in [0.25, 0.3) is 5.56 Å². The van der Waals surface area contributed by atoms with Crippen LogP contribution in [0.3, 0.4) is 0 Å². The van der Waals surface area contributed by atoms with E-state index in [4.69, 9.17) is 0 Å². The molecule has 2 aromatic heterocycles. The van der Waals surface area contributed by atoms with Crippen LogP contribution in [0.4, 0.5) is 11.4 Å². The molecular weight excluding hydrogens is 254 g/mol. The topological polar surface area (TPSA) is 75.6 Å². The Balaban J connectivity index is 2.00. The summed E-state index contributed by atoms with van der Waals surface area (Å²) >= 11 is 0. The summed E-state index contributed by atoms with van der Waals surface area (Å²) in [5, 5.41) is 7.23. The summed E-state index contributed by atoms with van der Waals surface area (Å²) in [6.07, 6.45) is 1.65. The molecule has 0 atom stereocenters. The SMILES string of the molecule is Cc1nc2cc(Nc3cnn(C)c(=O)c3C)ccc2[nH]1. The standard InChI is InChI=1S/C14H15N5O/c1-8-13(7-15-19(3)14(8)20)18-10-4-5-11-12(6-10)17-9(2)16-11/h4-7,18H,1-3H3,(H,16,17). The molecule has 0 aliphatic heterocycles. The zero-order chi connectivity index (χ0) is 14.3. The number of anilines is 2. The number of nitrogens with one attached hydrogen (secondary N) is 2. The number of aromatic amines is 1. The Bertz CT molecular complexity index is 846. The molecule has 0 amide bonds. The number of benzene rings is 1. The number of fused-ring (bicyclic) bond motifs is 1. The zero-order valence-electron chi connectivity index (χ0n) is 11.6. The van der Waals surface area contributed by atoms with Crippen LogP contribution in [0.15, 0.2) is 29.2 Å². The van der Waals surface area contributed by atoms with Crippen molar-refractivity contribution >= 4 is 22.4 Å². The van der Waals surface area contributed by atoms with Gasteiger partial charge in [0.15, 0.2) is 0 Å². The van der Waals surface area contributed by atoms with Gasteiger partial charge in [0, 0.05) is 18.3 Å². The molecule has 3 aromatic rings. The minimum Gasteiger partial charge on any atom is -0.354 e. The van der Waals surface area contributed by atoms with E-state index in [1.807, 2.05) is 25.1 Å². The fourth-order valence-electron chi connectivity index (χ4n) is 2.14. The predicted molar refractivity (Wildman–Crippen MR) is 78.3 cm³/mol. The molecule has 0 fully saturated rings. The van der Waals surface area contributed by atoms with Crippen molar-refractivity contribution < 1.29 is 0 Å². The van der Waals surface area contributed by atoms with E-state index in [2.05, 4.69) is 20.4 Å². The van der Waals surface area contributed by atoms with Gasteiger partial charge < -0.3 is 10.3 Å². The van der Waals surface area contributed by atoms with Gasteiger partial charge in [0.05, 0.1) is 22.9 Å². The van der Waals surface area contributed by atoms with Crippen LogP contribution >= 0.6 is 0 Å². The van der Waals surface area contributed by atoms with E-state index in [0.29, 0.717) is 11.3 Å². The van der Waals surface area contributed by atoms with Crippen molar-refractivity contribution in [2.45, 2.75) is 13.8 Å². The van der Waals surface area contributed by atoms with E-state index < -0.39 is 0 Å². The van der Waals surface area contributed by atoms with Gasteiger partial charge in [-0.25, -0.2) is 9.67 Å². The summed E-state index contributed by atoms with van der Waals surface area (Å²) in [5.41, 5.74) is 4.00. The van der Waals surface area contributed by atoms with Crippen LogP contribution in [0.25, 0.3) is 11.0 Å². The maximum atomic E-state index is 11.8. The number of aromatic nitrogens is 4. The summed E-state index contributed by atoms with van der Waals surface area (Å²) in [6.45, 7) is 3.70. The highest BCUT2D eigenvalue weighted by Crippen LogP contribution is 2.21. The zero-order valence-corrected chi connectivity index (χ0v) is 11.6. The lowest BCUT2D eigenvalue weighted by Crippen LogP contribution is -2.22. The summed E-state index contributed by atoms with van der Waals surface area (Å²) in [5.74, 6) is 0.878. The predicted octanol–water partition coefficient (Wildman–Crippen LogP) is 2.02. The molecule has 0 spiro atoms. The van der Waals surface area contributed by atoms with Gasteiger partial charge >= 0.3 is 0 Å². The largest absolute Gasteiger partial charge is 0.354 e. The quantitative estimate of drug-likeness (QED) is 0.746. The monoisotopic (exact) mass is 269 g/mol. The first kappa shape index (κ1) is 12.4. The number of H-pyrrole nitrogens is 1. The number of rotatable bonds is 2. The Hall–Kier alpha value is -2.63. The first-order chi connectivity index (χ1) is 9.54. The van der Waals surface area contributed by atoms with Gasteiger partial charge in [-0.15, -0.1) is 0 Å². The molecule has 0 aliphatic carbocycles. The molecule has 0 radical (unpaired) electrons. The van der Waals surface area contributed by atoms with E-state index in [-0.39, 0.29) is 5.56 Å². The number of imidazole rings is 1. The molecular formula is C14H15N5O. The van der Waals surface area contributed by atoms with Gasteiger partial charge in [-0.2, -0.15) is 5.10 Å². The number of nitrogens with zero attached hydrogens (tertiary/aromatic N) is 3. The van der Waals surface area contributed by atoms with Crippen molar-refractivity contribution in [3.8, 4) is 0 Å². The second kappa shape index (κ2) is 4.48. The van der Waals surface area contributed by atoms with E-state index in [9.17, 15) is 4.79 Å². The van der Waals surface area contributed by atoms with Crippen LogP contribution in [0, 0.1) is 13.8 Å². The Morgan fingerprint density at radius 2 is 2.10 bits per heavy atom. The Labute approximate surface area is 115 Å². The maximum absolute atomic E-state index is 11.8. The first-order valence-electron chi connectivity index (χ1n) is 6.31. The van der Waals surface area contributed by atoms with E-state index >= 15 is 0 Å². The van der Waals surface area contributed by atoms with Gasteiger partial charge in [0.1, 0.15) is 5.82 Å². The van der Waals surface area contributed by atoms with E-state index in [0.717, 1.165) is 22.5 Å². The lowest BCUT2D eigenvalue weighted by molar-refractivity contribution is 0.702. The average Bonchev–Trinajstić information content (AvgIpc) is 2.79. The van der Waals surface area contributed by atoms with Crippen LogP contribution in [0.1, 0.15) is 11.4 Å². The Morgan fingerprint density at radius 1 is 1.30 bits per heavy atom. The molecule has 0 aliphatic rings. The van der Waals surface area contributed by atoms with E-state index in [1.54, 1.807) is 20.2 Å². The molecule has 0 bridgehead atoms. The highest BCUT2D eigenvalue weighted by Gasteiger charge is 2.06. The lowest BCUT2D eigenvalue weighted by atomic mass is 10.2. The van der Waals surface area contributed by atoms with Gasteiger partial charge in [0.2, 0.25) is 0 Å². The van der Waals surface area contributed by atoms with Crippen LogP contribution in [0.5, 0.6) is 0 Å². The summed E-state index contributed by atoms with van der Waals surface area (Å²) in [7, 11) is 1.64. The fourth-order valence-corrected chi connectivity index (χ4v) is 2.14. The van der Waals surface area contributed by atoms with Gasteiger partial charge in [-0.05, 0) is 32.0 Å². The van der Waals surface area contributed by atoms with Gasteiger partial charge in [-0.3, -0.25) is 4.79 Å². The third-order valence-corrected chi connectivity index (χ3v) is 3.26. The molecule has 6 heteroatoms. The molecule has 3 rings (SSSR count). The highest BCUT2D eigenvalue weighted by atomic mass is 16.1. The number of hydrogen-bond acceptors (Lipinski definition) is 4. The molecule has 0 saturated heterocycles. The normalized spacial score (nSPS) is 10.9. The van der Waals surface area contributed by atoms with Crippen molar-refractivity contribution in [2.75, 3.05) is 5.32 Å². The van der Waals surface area contributed by atoms with Gasteiger partial charge in [-0.1, -0.05) is 0 Å². The smallest absolute Gasteiger partial charge is 0.271 e. The third kappa shape index (κ3) is 2.05. The van der Waals surface area contributed by atoms with Crippen molar-refractivity contribution in [2.24, 2.45) is 7.05 Å². The molecule has 0 saturated carbocycles. The highest BCUT2D eigenvalue weighted by molar-refractivity contribution is 5.80. The Kier molecular flexibility index (Phi) is 2.78. The first-order valence-corrected chi connectivity index (χ1v) is 6.31. The van der Waals surface area contributed by atoms with Crippen LogP contribution in [-0.2, 0) is 7.05 Å². The summed E-state index contributed by atoms with van der Waals surface area (Å²) in [4.78, 5) is 19.4. The van der Waals surface area contributed by atoms with Crippen molar-refractivity contribution in [1.29, 1.82) is 0 Å². The molecule has 2 heterocycles. The van der Waals surface area contributed by atoms with Crippen LogP contribution < -0.4 is 10.9 Å². The molecule has 2 N–H and O–H groups in total. The molecule has 102 valence electrons. The summed E-state index contributed by atoms with van der Waals surface area (Å²) < 4.78 is 1.32. The average molecular weight is 269 g/mol. The minimum atomic E-state index is -0.105. The third-order valence-electron chi connectivity index (χ3n) is 3.26. The number of hydrogen-bond donors (Lipinski definition) is 2. The maximum Gasteiger partial charge on any atom is 0.271 e. The van der Waals surface area contributed by atoms with Crippen LogP contribution in [0.2, 0.25) is 0 Å². The van der Waals surface area contributed by atoms with E-state index in [1.165, 1.54) is 4.68 Å². The molecule has 0 unspecified atom stereocenters. The van der Waals surface area contributed by atoms with Crippen molar-refractivity contribution in [3.05, 3.63) is 46.1 Å².